The Kier molecular flexibility index (Phi) is 5.93. The molecule has 27 heavy (non-hydrogen) atoms. The van der Waals surface area contributed by atoms with E-state index in [1.54, 1.807) is 0 Å². The molecule has 0 bridgehead atoms. The summed E-state index contributed by atoms with van der Waals surface area (Å²) in [4.78, 5) is 15.0. The van der Waals surface area contributed by atoms with Crippen molar-refractivity contribution in [2.75, 3.05) is 11.1 Å². The maximum Gasteiger partial charge on any atom is 0.416 e. The molecular formula is C17H13F3N5OS+. The minimum absolute atomic E-state index is 0.00565. The molecule has 0 unspecified atom stereocenters. The first-order chi connectivity index (χ1) is 12.7. The van der Waals surface area contributed by atoms with Crippen LogP contribution in [0, 0.1) is 22.7 Å². The van der Waals surface area contributed by atoms with Gasteiger partial charge in [-0.05, 0) is 31.2 Å². The zero-order valence-electron chi connectivity index (χ0n) is 13.9. The zero-order chi connectivity index (χ0) is 20.2. The van der Waals surface area contributed by atoms with Gasteiger partial charge in [0.2, 0.25) is 5.91 Å². The van der Waals surface area contributed by atoms with Crippen LogP contribution in [0.15, 0.2) is 35.4 Å². The van der Waals surface area contributed by atoms with Gasteiger partial charge in [0, 0.05) is 5.69 Å². The molecule has 10 heteroatoms. The molecular weight excluding hydrogens is 379 g/mol. The number of hydrogen-bond donors (Lipinski definition) is 2. The van der Waals surface area contributed by atoms with E-state index in [1.165, 1.54) is 25.1 Å². The van der Waals surface area contributed by atoms with Crippen molar-refractivity contribution in [2.45, 2.75) is 23.4 Å². The van der Waals surface area contributed by atoms with E-state index in [2.05, 4.69) is 10.3 Å². The second-order valence-corrected chi connectivity index (χ2v) is 6.74. The number of hydrogen-bond acceptors (Lipinski definition) is 5. The third-order valence-corrected chi connectivity index (χ3v) is 4.56. The van der Waals surface area contributed by atoms with Crippen molar-refractivity contribution < 1.29 is 22.9 Å². The smallest absolute Gasteiger partial charge is 0.325 e. The van der Waals surface area contributed by atoms with Crippen molar-refractivity contribution in [3.05, 3.63) is 47.0 Å². The molecule has 4 N–H and O–H groups in total. The van der Waals surface area contributed by atoms with Crippen molar-refractivity contribution >= 4 is 29.2 Å². The number of thioether (sulfide) groups is 1. The Morgan fingerprint density at radius 1 is 1.26 bits per heavy atom. The maximum atomic E-state index is 12.7. The summed E-state index contributed by atoms with van der Waals surface area (Å²) in [5.41, 5.74) is 5.04. The van der Waals surface area contributed by atoms with Crippen LogP contribution in [0.1, 0.15) is 23.6 Å². The summed E-state index contributed by atoms with van der Waals surface area (Å²) in [5.74, 6) is -0.510. The lowest BCUT2D eigenvalue weighted by molar-refractivity contribution is -0.410. The third-order valence-electron chi connectivity index (χ3n) is 3.43. The molecule has 0 aliphatic rings. The van der Waals surface area contributed by atoms with Crippen LogP contribution in [0.25, 0.3) is 0 Å². The molecule has 0 radical (unpaired) electrons. The van der Waals surface area contributed by atoms with Crippen LogP contribution in [-0.2, 0) is 11.0 Å². The van der Waals surface area contributed by atoms with Crippen molar-refractivity contribution in [3.63, 3.8) is 0 Å². The summed E-state index contributed by atoms with van der Waals surface area (Å²) in [6.07, 6.45) is -4.52. The molecule has 2 rings (SSSR count). The highest BCUT2D eigenvalue weighted by molar-refractivity contribution is 8.00. The molecule has 0 saturated heterocycles. The largest absolute Gasteiger partial charge is 0.416 e. The van der Waals surface area contributed by atoms with Gasteiger partial charge in [0.15, 0.2) is 5.03 Å². The van der Waals surface area contributed by atoms with E-state index >= 15 is 0 Å². The van der Waals surface area contributed by atoms with Gasteiger partial charge in [0.1, 0.15) is 23.3 Å². The molecule has 1 heterocycles. The SMILES string of the molecule is C[C@@H](Sc1[nH+]c(N)c(C#N)cc1C#N)C(=O)Nc1cccc(C(F)(F)F)c1. The Balaban J connectivity index is 2.17. The number of pyridine rings is 1. The number of carbonyl (C=O) groups is 1. The van der Waals surface area contributed by atoms with E-state index in [0.29, 0.717) is 0 Å². The quantitative estimate of drug-likeness (QED) is 0.776. The van der Waals surface area contributed by atoms with Gasteiger partial charge >= 0.3 is 6.18 Å². The predicted octanol–water partition coefficient (Wildman–Crippen LogP) is 2.96. The van der Waals surface area contributed by atoms with Crippen molar-refractivity contribution in [2.24, 2.45) is 0 Å². The number of nitrogen functional groups attached to an aromatic ring is 1. The number of nitriles is 2. The number of alkyl halides is 3. The molecule has 1 atom stereocenters. The number of rotatable bonds is 4. The van der Waals surface area contributed by atoms with Gasteiger partial charge in [-0.15, -0.1) is 0 Å². The number of benzene rings is 1. The van der Waals surface area contributed by atoms with Gasteiger partial charge in [0.05, 0.1) is 10.8 Å². The fourth-order valence-electron chi connectivity index (χ4n) is 2.06. The standard InChI is InChI=1S/C17H12F3N5OS/c1-9(27-16-11(8-22)5-10(7-21)14(23)25-16)15(26)24-13-4-2-3-12(6-13)17(18,19)20/h2-6,9H,1H3,(H2,23,25)(H,24,26)/p+1/t9-/m1/s1. The molecule has 1 aromatic heterocycles. The number of aromatic amines is 1. The molecule has 2 aromatic rings. The Bertz CT molecular complexity index is 963. The second kappa shape index (κ2) is 7.98. The minimum atomic E-state index is -4.52. The lowest BCUT2D eigenvalue weighted by Gasteiger charge is -2.13. The van der Waals surface area contributed by atoms with E-state index in [-0.39, 0.29) is 27.7 Å². The highest BCUT2D eigenvalue weighted by Gasteiger charge is 2.30. The molecule has 0 aliphatic heterocycles. The lowest BCUT2D eigenvalue weighted by atomic mass is 10.2. The summed E-state index contributed by atoms with van der Waals surface area (Å²) < 4.78 is 38.2. The van der Waals surface area contributed by atoms with E-state index < -0.39 is 22.9 Å². The minimum Gasteiger partial charge on any atom is -0.325 e. The molecule has 6 nitrogen and oxygen atoms in total. The number of anilines is 2. The Labute approximate surface area is 156 Å². The molecule has 1 amide bonds. The number of aromatic nitrogens is 1. The molecule has 0 aliphatic carbocycles. The number of halogens is 3. The number of H-pyrrole nitrogens is 1. The van der Waals surface area contributed by atoms with E-state index in [0.717, 1.165) is 23.9 Å². The maximum absolute atomic E-state index is 12.7. The monoisotopic (exact) mass is 392 g/mol. The van der Waals surface area contributed by atoms with Crippen molar-refractivity contribution in [1.82, 2.24) is 0 Å². The summed E-state index contributed by atoms with van der Waals surface area (Å²) in [6, 6.07) is 9.31. The first-order valence-electron chi connectivity index (χ1n) is 7.46. The average Bonchev–Trinajstić information content (AvgIpc) is 2.61. The molecule has 138 valence electrons. The van der Waals surface area contributed by atoms with Gasteiger partial charge in [-0.3, -0.25) is 10.5 Å². The molecule has 0 fully saturated rings. The topological polar surface area (TPSA) is 117 Å². The van der Waals surface area contributed by atoms with Crippen LogP contribution < -0.4 is 16.0 Å². The summed E-state index contributed by atoms with van der Waals surface area (Å²) >= 11 is 0.963. The highest BCUT2D eigenvalue weighted by atomic mass is 32.2. The molecule has 0 saturated carbocycles. The second-order valence-electron chi connectivity index (χ2n) is 5.39. The number of carbonyl (C=O) groups excluding carboxylic acids is 1. The normalized spacial score (nSPS) is 11.9. The number of nitrogens with two attached hydrogens (primary N) is 1. The van der Waals surface area contributed by atoms with Crippen molar-refractivity contribution in [3.8, 4) is 12.1 Å². The molecule has 1 aromatic carbocycles. The van der Waals surface area contributed by atoms with Gasteiger partial charge in [-0.1, -0.05) is 17.8 Å². The predicted molar refractivity (Wildman–Crippen MR) is 92.2 cm³/mol. The van der Waals surface area contributed by atoms with Crippen LogP contribution in [-0.4, -0.2) is 11.2 Å². The van der Waals surface area contributed by atoms with Gasteiger partial charge in [-0.25, -0.2) is 4.98 Å². The van der Waals surface area contributed by atoms with Crippen LogP contribution >= 0.6 is 11.8 Å². The van der Waals surface area contributed by atoms with E-state index in [1.807, 2.05) is 12.1 Å². The number of nitrogens with one attached hydrogen (secondary N) is 2. The van der Waals surface area contributed by atoms with Crippen LogP contribution in [0.3, 0.4) is 0 Å². The Morgan fingerprint density at radius 3 is 2.52 bits per heavy atom. The van der Waals surface area contributed by atoms with Crippen molar-refractivity contribution in [1.29, 1.82) is 10.5 Å². The lowest BCUT2D eigenvalue weighted by Crippen LogP contribution is -2.25. The Morgan fingerprint density at radius 2 is 1.93 bits per heavy atom. The van der Waals surface area contributed by atoms with Crippen LogP contribution in [0.2, 0.25) is 0 Å². The first-order valence-corrected chi connectivity index (χ1v) is 8.34. The van der Waals surface area contributed by atoms with Crippen LogP contribution in [0.5, 0.6) is 0 Å². The molecule has 0 spiro atoms. The van der Waals surface area contributed by atoms with Gasteiger partial charge in [0.25, 0.3) is 5.82 Å². The Hall–Kier alpha value is -3.24. The van der Waals surface area contributed by atoms with E-state index in [4.69, 9.17) is 11.0 Å². The average molecular weight is 392 g/mol. The zero-order valence-corrected chi connectivity index (χ0v) is 14.7. The third kappa shape index (κ3) is 4.90. The highest BCUT2D eigenvalue weighted by Crippen LogP contribution is 2.31. The summed E-state index contributed by atoms with van der Waals surface area (Å²) in [7, 11) is 0. The first kappa shape index (κ1) is 20.1. The summed E-state index contributed by atoms with van der Waals surface area (Å²) in [5, 5.41) is 20.0. The van der Waals surface area contributed by atoms with Gasteiger partial charge in [-0.2, -0.15) is 23.7 Å². The van der Waals surface area contributed by atoms with E-state index in [9.17, 15) is 23.2 Å². The fourth-order valence-corrected chi connectivity index (χ4v) is 2.98. The summed E-state index contributed by atoms with van der Waals surface area (Å²) in [6.45, 7) is 1.52. The fraction of sp³-hybridized carbons (Fsp3) is 0.176. The number of amides is 1. The van der Waals surface area contributed by atoms with Gasteiger partial charge < -0.3 is 5.32 Å². The van der Waals surface area contributed by atoms with Crippen LogP contribution in [0.4, 0.5) is 24.7 Å². The number of nitrogens with zero attached hydrogens (tertiary/aromatic N) is 2.